The maximum atomic E-state index is 4.28. The molecular weight excluding hydrogens is 365 g/mol. The van der Waals surface area contributed by atoms with Gasteiger partial charge in [-0.15, -0.1) is 24.0 Å². The third-order valence-corrected chi connectivity index (χ3v) is 3.57. The van der Waals surface area contributed by atoms with E-state index in [4.69, 9.17) is 0 Å². The minimum absolute atomic E-state index is 0. The molecule has 0 radical (unpaired) electrons. The molecule has 0 saturated heterocycles. The lowest BCUT2D eigenvalue weighted by Gasteiger charge is -2.24. The highest BCUT2D eigenvalue weighted by Gasteiger charge is 2.14. The molecule has 1 aromatic heterocycles. The molecule has 0 spiro atoms. The molecule has 1 aliphatic rings. The highest BCUT2D eigenvalue weighted by molar-refractivity contribution is 14.0. The molecule has 0 unspecified atom stereocenters. The van der Waals surface area contributed by atoms with E-state index in [0.717, 1.165) is 19.0 Å². The minimum atomic E-state index is 0. The summed E-state index contributed by atoms with van der Waals surface area (Å²) >= 11 is 0. The maximum absolute atomic E-state index is 4.28. The molecule has 20 heavy (non-hydrogen) atoms. The first-order valence-corrected chi connectivity index (χ1v) is 7.24. The molecule has 0 aromatic carbocycles. The number of aliphatic imine (C=N–C) groups is 1. The van der Waals surface area contributed by atoms with Gasteiger partial charge in [0, 0.05) is 25.8 Å². The molecule has 1 aliphatic carbocycles. The van der Waals surface area contributed by atoms with Crippen molar-refractivity contribution in [3.8, 4) is 0 Å². The Morgan fingerprint density at radius 2 is 2.15 bits per heavy atom. The Morgan fingerprint density at radius 1 is 1.40 bits per heavy atom. The first-order valence-electron chi connectivity index (χ1n) is 7.24. The highest BCUT2D eigenvalue weighted by atomic mass is 127. The van der Waals surface area contributed by atoms with E-state index >= 15 is 0 Å². The molecule has 0 bridgehead atoms. The molecule has 114 valence electrons. The zero-order valence-electron chi connectivity index (χ0n) is 12.4. The summed E-state index contributed by atoms with van der Waals surface area (Å²) in [5.41, 5.74) is 1.20. The van der Waals surface area contributed by atoms with Crippen LogP contribution in [0.15, 0.2) is 17.4 Å². The van der Waals surface area contributed by atoms with E-state index in [-0.39, 0.29) is 24.0 Å². The number of hydrogen-bond donors (Lipinski definition) is 2. The molecule has 1 heterocycles. The van der Waals surface area contributed by atoms with Gasteiger partial charge in [-0.25, -0.2) is 0 Å². The Hall–Kier alpha value is -0.790. The molecule has 1 fully saturated rings. The number of halogens is 1. The van der Waals surface area contributed by atoms with Crippen molar-refractivity contribution in [2.75, 3.05) is 13.6 Å². The van der Waals surface area contributed by atoms with Crippen molar-refractivity contribution in [2.45, 2.75) is 51.6 Å². The summed E-state index contributed by atoms with van der Waals surface area (Å²) in [6, 6.07) is 0.590. The molecule has 6 heteroatoms. The summed E-state index contributed by atoms with van der Waals surface area (Å²) in [6.45, 7) is 3.76. The van der Waals surface area contributed by atoms with E-state index in [1.54, 1.807) is 0 Å². The van der Waals surface area contributed by atoms with Crippen LogP contribution in [0.5, 0.6) is 0 Å². The third-order valence-electron chi connectivity index (χ3n) is 3.57. The lowest BCUT2D eigenvalue weighted by atomic mass is 9.96. The molecule has 0 aliphatic heterocycles. The summed E-state index contributed by atoms with van der Waals surface area (Å²) in [5.74, 6) is 0.913. The standard InChI is InChI=1S/C14H25N5.HI/c1-12-10-17-19(11-12)9-8-16-14(15-2)18-13-6-4-3-5-7-13;/h10-11,13H,3-9H2,1-2H3,(H2,15,16,18);1H. The summed E-state index contributed by atoms with van der Waals surface area (Å²) in [4.78, 5) is 4.28. The normalized spacial score (nSPS) is 16.6. The van der Waals surface area contributed by atoms with E-state index in [1.165, 1.54) is 37.7 Å². The number of aryl methyl sites for hydroxylation is 1. The maximum Gasteiger partial charge on any atom is 0.191 e. The zero-order valence-corrected chi connectivity index (χ0v) is 14.8. The molecule has 0 amide bonds. The van der Waals surface area contributed by atoms with Crippen LogP contribution in [0, 0.1) is 6.92 Å². The van der Waals surface area contributed by atoms with Crippen molar-refractivity contribution in [2.24, 2.45) is 4.99 Å². The Kier molecular flexibility index (Phi) is 7.94. The third kappa shape index (κ3) is 5.68. The van der Waals surface area contributed by atoms with Crippen molar-refractivity contribution >= 4 is 29.9 Å². The Labute approximate surface area is 138 Å². The van der Waals surface area contributed by atoms with Gasteiger partial charge in [0.05, 0.1) is 12.7 Å². The van der Waals surface area contributed by atoms with Crippen molar-refractivity contribution < 1.29 is 0 Å². The van der Waals surface area contributed by atoms with Crippen molar-refractivity contribution in [3.05, 3.63) is 18.0 Å². The summed E-state index contributed by atoms with van der Waals surface area (Å²) in [5, 5.41) is 11.1. The Morgan fingerprint density at radius 3 is 2.75 bits per heavy atom. The smallest absolute Gasteiger partial charge is 0.191 e. The number of hydrogen-bond acceptors (Lipinski definition) is 2. The van der Waals surface area contributed by atoms with Crippen LogP contribution >= 0.6 is 24.0 Å². The van der Waals surface area contributed by atoms with Gasteiger partial charge in [-0.1, -0.05) is 19.3 Å². The van der Waals surface area contributed by atoms with Gasteiger partial charge in [0.25, 0.3) is 0 Å². The largest absolute Gasteiger partial charge is 0.355 e. The van der Waals surface area contributed by atoms with Crippen LogP contribution in [-0.4, -0.2) is 35.4 Å². The molecule has 1 aromatic rings. The van der Waals surface area contributed by atoms with Gasteiger partial charge in [0.15, 0.2) is 5.96 Å². The zero-order chi connectivity index (χ0) is 13.5. The molecule has 0 atom stereocenters. The Balaban J connectivity index is 0.00000200. The summed E-state index contributed by atoms with van der Waals surface area (Å²) < 4.78 is 1.95. The van der Waals surface area contributed by atoms with Crippen LogP contribution in [0.2, 0.25) is 0 Å². The lowest BCUT2D eigenvalue weighted by Crippen LogP contribution is -2.45. The predicted molar refractivity (Wildman–Crippen MR) is 93.7 cm³/mol. The second-order valence-electron chi connectivity index (χ2n) is 5.26. The molecule has 1 saturated carbocycles. The van der Waals surface area contributed by atoms with E-state index in [9.17, 15) is 0 Å². The average Bonchev–Trinajstić information content (AvgIpc) is 2.84. The highest BCUT2D eigenvalue weighted by Crippen LogP contribution is 2.17. The topological polar surface area (TPSA) is 54.2 Å². The second-order valence-corrected chi connectivity index (χ2v) is 5.26. The van der Waals surface area contributed by atoms with Crippen LogP contribution in [0.3, 0.4) is 0 Å². The lowest BCUT2D eigenvalue weighted by molar-refractivity contribution is 0.409. The average molecular weight is 391 g/mol. The monoisotopic (exact) mass is 391 g/mol. The van der Waals surface area contributed by atoms with Crippen LogP contribution in [0.4, 0.5) is 0 Å². The molecule has 5 nitrogen and oxygen atoms in total. The number of nitrogens with one attached hydrogen (secondary N) is 2. The van der Waals surface area contributed by atoms with E-state index < -0.39 is 0 Å². The van der Waals surface area contributed by atoms with Crippen LogP contribution in [0.1, 0.15) is 37.7 Å². The summed E-state index contributed by atoms with van der Waals surface area (Å²) in [7, 11) is 1.83. The summed E-state index contributed by atoms with van der Waals surface area (Å²) in [6.07, 6.45) is 10.5. The van der Waals surface area contributed by atoms with Gasteiger partial charge < -0.3 is 10.6 Å². The van der Waals surface area contributed by atoms with Gasteiger partial charge in [-0.3, -0.25) is 9.67 Å². The van der Waals surface area contributed by atoms with Crippen molar-refractivity contribution in [3.63, 3.8) is 0 Å². The van der Waals surface area contributed by atoms with Gasteiger partial charge >= 0.3 is 0 Å². The van der Waals surface area contributed by atoms with Crippen LogP contribution in [-0.2, 0) is 6.54 Å². The van der Waals surface area contributed by atoms with Gasteiger partial charge in [0.2, 0.25) is 0 Å². The van der Waals surface area contributed by atoms with E-state index in [2.05, 4.69) is 33.8 Å². The quantitative estimate of drug-likeness (QED) is 0.471. The van der Waals surface area contributed by atoms with Gasteiger partial charge in [0.1, 0.15) is 0 Å². The van der Waals surface area contributed by atoms with Crippen molar-refractivity contribution in [1.29, 1.82) is 0 Å². The number of aromatic nitrogens is 2. The fourth-order valence-electron chi connectivity index (χ4n) is 2.51. The van der Waals surface area contributed by atoms with E-state index in [0.29, 0.717) is 6.04 Å². The van der Waals surface area contributed by atoms with Gasteiger partial charge in [-0.05, 0) is 25.3 Å². The molecule has 2 rings (SSSR count). The van der Waals surface area contributed by atoms with Gasteiger partial charge in [-0.2, -0.15) is 5.10 Å². The van der Waals surface area contributed by atoms with Crippen molar-refractivity contribution in [1.82, 2.24) is 20.4 Å². The fraction of sp³-hybridized carbons (Fsp3) is 0.714. The fourth-order valence-corrected chi connectivity index (χ4v) is 2.51. The second kappa shape index (κ2) is 9.20. The first kappa shape index (κ1) is 17.3. The predicted octanol–water partition coefficient (Wildman–Crippen LogP) is 2.31. The molecular formula is C14H26IN5. The molecule has 2 N–H and O–H groups in total. The minimum Gasteiger partial charge on any atom is -0.355 e. The SMILES string of the molecule is CN=C(NCCn1cc(C)cn1)NC1CCCCC1.I. The van der Waals surface area contributed by atoms with E-state index in [1.807, 2.05) is 17.9 Å². The Bertz CT molecular complexity index is 409. The number of nitrogens with zero attached hydrogens (tertiary/aromatic N) is 3. The van der Waals surface area contributed by atoms with Crippen LogP contribution in [0.25, 0.3) is 0 Å². The van der Waals surface area contributed by atoms with Crippen LogP contribution < -0.4 is 10.6 Å². The first-order chi connectivity index (χ1) is 9.28. The number of guanidine groups is 1. The number of rotatable bonds is 4.